The van der Waals surface area contributed by atoms with E-state index in [-0.39, 0.29) is 17.6 Å². The number of piperidine rings is 3. The van der Waals surface area contributed by atoms with Gasteiger partial charge in [0.2, 0.25) is 5.91 Å². The smallest absolute Gasteiger partial charge is 0.223 e. The zero-order valence-electron chi connectivity index (χ0n) is 16.0. The number of pyridine rings is 1. The van der Waals surface area contributed by atoms with Gasteiger partial charge in [0.15, 0.2) is 0 Å². The SMILES string of the molecule is O=C(CCc1ccccn1)N1C[C@H](c2ccc(F)cc2)[C@H]2[C@@H]1C1CCN2CC1. The topological polar surface area (TPSA) is 36.4 Å². The predicted molar refractivity (Wildman–Crippen MR) is 105 cm³/mol. The summed E-state index contributed by atoms with van der Waals surface area (Å²) in [7, 11) is 0. The molecule has 0 saturated carbocycles. The van der Waals surface area contributed by atoms with Crippen molar-refractivity contribution in [2.75, 3.05) is 19.6 Å². The predicted octanol–water partition coefficient (Wildman–Crippen LogP) is 3.24. The quantitative estimate of drug-likeness (QED) is 0.818. The minimum absolute atomic E-state index is 0.202. The Morgan fingerprint density at radius 3 is 2.57 bits per heavy atom. The number of amides is 1. The number of aromatic nitrogens is 1. The second-order valence-corrected chi connectivity index (χ2v) is 8.38. The second-order valence-electron chi connectivity index (χ2n) is 8.38. The fraction of sp³-hybridized carbons (Fsp3) is 0.478. The number of likely N-dealkylation sites (tertiary alicyclic amines) is 1. The third kappa shape index (κ3) is 3.12. The monoisotopic (exact) mass is 379 g/mol. The summed E-state index contributed by atoms with van der Waals surface area (Å²) in [5, 5.41) is 0. The van der Waals surface area contributed by atoms with Gasteiger partial charge in [-0.1, -0.05) is 18.2 Å². The third-order valence-electron chi connectivity index (χ3n) is 6.93. The average molecular weight is 379 g/mol. The molecule has 2 bridgehead atoms. The van der Waals surface area contributed by atoms with Gasteiger partial charge < -0.3 is 4.90 Å². The zero-order chi connectivity index (χ0) is 19.1. The highest BCUT2D eigenvalue weighted by molar-refractivity contribution is 5.77. The molecule has 6 rings (SSSR count). The lowest BCUT2D eigenvalue weighted by atomic mass is 9.75. The lowest BCUT2D eigenvalue weighted by Gasteiger charge is -2.51. The van der Waals surface area contributed by atoms with Gasteiger partial charge in [-0.3, -0.25) is 14.7 Å². The number of halogens is 1. The number of benzene rings is 1. The molecule has 1 aromatic heterocycles. The summed E-state index contributed by atoms with van der Waals surface area (Å²) in [6.07, 6.45) is 5.33. The molecule has 0 aliphatic carbocycles. The van der Waals surface area contributed by atoms with E-state index in [0.29, 0.717) is 30.8 Å². The molecule has 3 atom stereocenters. The van der Waals surface area contributed by atoms with Crippen LogP contribution in [-0.2, 0) is 11.2 Å². The lowest BCUT2D eigenvalue weighted by Crippen LogP contribution is -2.60. The molecule has 4 aliphatic heterocycles. The normalized spacial score (nSPS) is 31.0. The molecule has 4 aliphatic rings. The summed E-state index contributed by atoms with van der Waals surface area (Å²) >= 11 is 0. The number of hydrogen-bond acceptors (Lipinski definition) is 3. The lowest BCUT2D eigenvalue weighted by molar-refractivity contribution is -0.135. The molecule has 5 heteroatoms. The first-order valence-electron chi connectivity index (χ1n) is 10.4. The van der Waals surface area contributed by atoms with E-state index in [4.69, 9.17) is 0 Å². The van der Waals surface area contributed by atoms with Crippen LogP contribution in [0.4, 0.5) is 4.39 Å². The number of nitrogens with zero attached hydrogens (tertiary/aromatic N) is 3. The second kappa shape index (κ2) is 7.28. The van der Waals surface area contributed by atoms with Gasteiger partial charge >= 0.3 is 0 Å². The summed E-state index contributed by atoms with van der Waals surface area (Å²) in [6.45, 7) is 2.99. The number of hydrogen-bond donors (Lipinski definition) is 0. The number of carbonyl (C=O) groups is 1. The van der Waals surface area contributed by atoms with E-state index < -0.39 is 0 Å². The standard InChI is InChI=1S/C23H26FN3O/c24-18-6-4-16(5-7-18)20-15-27(21(28)9-8-19-3-1-2-12-25-19)22-17-10-13-26(14-11-17)23(20)22/h1-7,12,17,20,22-23H,8-11,13-15H2/t20-,22+,23+/m1/s1. The molecule has 0 radical (unpaired) electrons. The first kappa shape index (κ1) is 17.8. The van der Waals surface area contributed by atoms with Gasteiger partial charge in [0.05, 0.1) is 6.04 Å². The molecule has 0 spiro atoms. The molecule has 1 amide bonds. The van der Waals surface area contributed by atoms with E-state index in [1.807, 2.05) is 30.3 Å². The van der Waals surface area contributed by atoms with Crippen LogP contribution < -0.4 is 0 Å². The van der Waals surface area contributed by atoms with E-state index >= 15 is 0 Å². The van der Waals surface area contributed by atoms with Crippen molar-refractivity contribution in [3.05, 3.63) is 65.7 Å². The highest BCUT2D eigenvalue weighted by Gasteiger charge is 2.54. The molecule has 28 heavy (non-hydrogen) atoms. The minimum atomic E-state index is -0.202. The molecule has 1 aromatic carbocycles. The Labute approximate surface area is 165 Å². The maximum Gasteiger partial charge on any atom is 0.223 e. The molecule has 4 saturated heterocycles. The van der Waals surface area contributed by atoms with Crippen molar-refractivity contribution >= 4 is 5.91 Å². The summed E-state index contributed by atoms with van der Waals surface area (Å²) in [6, 6.07) is 13.4. The Bertz CT molecular complexity index is 833. The van der Waals surface area contributed by atoms with Gasteiger partial charge in [0, 0.05) is 36.8 Å². The largest absolute Gasteiger partial charge is 0.337 e. The summed E-state index contributed by atoms with van der Waals surface area (Å²) in [4.78, 5) is 22.3. The Morgan fingerprint density at radius 2 is 1.86 bits per heavy atom. The van der Waals surface area contributed by atoms with Crippen LogP contribution in [0.2, 0.25) is 0 Å². The Morgan fingerprint density at radius 1 is 1.07 bits per heavy atom. The third-order valence-corrected chi connectivity index (χ3v) is 6.93. The fourth-order valence-electron chi connectivity index (χ4n) is 5.63. The maximum absolute atomic E-state index is 13.4. The molecule has 5 heterocycles. The van der Waals surface area contributed by atoms with Crippen LogP contribution in [0.25, 0.3) is 0 Å². The highest BCUT2D eigenvalue weighted by atomic mass is 19.1. The minimum Gasteiger partial charge on any atom is -0.337 e. The van der Waals surface area contributed by atoms with Gasteiger partial charge in [-0.2, -0.15) is 0 Å². The van der Waals surface area contributed by atoms with Crippen molar-refractivity contribution in [3.8, 4) is 0 Å². The van der Waals surface area contributed by atoms with Crippen LogP contribution in [0.1, 0.15) is 36.4 Å². The molecule has 146 valence electrons. The van der Waals surface area contributed by atoms with Crippen molar-refractivity contribution < 1.29 is 9.18 Å². The summed E-state index contributed by atoms with van der Waals surface area (Å²) in [5.74, 6) is 0.901. The first-order chi connectivity index (χ1) is 13.7. The van der Waals surface area contributed by atoms with Crippen LogP contribution in [0.3, 0.4) is 0 Å². The van der Waals surface area contributed by atoms with Crippen molar-refractivity contribution in [2.45, 2.75) is 43.7 Å². The highest BCUT2D eigenvalue weighted by Crippen LogP contribution is 2.46. The number of rotatable bonds is 4. The van der Waals surface area contributed by atoms with E-state index in [1.54, 1.807) is 18.3 Å². The Kier molecular flexibility index (Phi) is 4.63. The van der Waals surface area contributed by atoms with Crippen LogP contribution in [0, 0.1) is 11.7 Å². The molecule has 0 unspecified atom stereocenters. The van der Waals surface area contributed by atoms with Gasteiger partial charge in [-0.05, 0) is 68.1 Å². The zero-order valence-corrected chi connectivity index (χ0v) is 16.0. The molecule has 2 aromatic rings. The van der Waals surface area contributed by atoms with Crippen molar-refractivity contribution in [1.82, 2.24) is 14.8 Å². The average Bonchev–Trinajstić information content (AvgIpc) is 3.17. The first-order valence-corrected chi connectivity index (χ1v) is 10.4. The molecule has 0 N–H and O–H groups in total. The Hall–Kier alpha value is -2.27. The fourth-order valence-corrected chi connectivity index (χ4v) is 5.63. The van der Waals surface area contributed by atoms with Crippen LogP contribution in [0.15, 0.2) is 48.7 Å². The number of fused-ring (bicyclic) bond motifs is 2. The maximum atomic E-state index is 13.4. The van der Waals surface area contributed by atoms with Crippen LogP contribution in [0.5, 0.6) is 0 Å². The number of carbonyl (C=O) groups excluding carboxylic acids is 1. The van der Waals surface area contributed by atoms with Crippen molar-refractivity contribution in [1.29, 1.82) is 0 Å². The van der Waals surface area contributed by atoms with Crippen LogP contribution >= 0.6 is 0 Å². The number of aryl methyl sites for hydroxylation is 1. The molecular formula is C23H26FN3O. The summed E-state index contributed by atoms with van der Waals surface area (Å²) < 4.78 is 13.4. The van der Waals surface area contributed by atoms with E-state index in [0.717, 1.165) is 30.9 Å². The van der Waals surface area contributed by atoms with Crippen molar-refractivity contribution in [3.63, 3.8) is 0 Å². The van der Waals surface area contributed by atoms with Gasteiger partial charge in [-0.15, -0.1) is 0 Å². The van der Waals surface area contributed by atoms with E-state index in [9.17, 15) is 9.18 Å². The Balaban J connectivity index is 1.38. The van der Waals surface area contributed by atoms with Gasteiger partial charge in [0.1, 0.15) is 5.82 Å². The van der Waals surface area contributed by atoms with Crippen LogP contribution in [-0.4, -0.2) is 52.4 Å². The molecule has 4 nitrogen and oxygen atoms in total. The summed E-state index contributed by atoms with van der Waals surface area (Å²) in [5.41, 5.74) is 2.12. The molecular weight excluding hydrogens is 353 g/mol. The van der Waals surface area contributed by atoms with E-state index in [2.05, 4.69) is 14.8 Å². The molecule has 4 fully saturated rings. The van der Waals surface area contributed by atoms with E-state index in [1.165, 1.54) is 12.8 Å². The van der Waals surface area contributed by atoms with Gasteiger partial charge in [-0.25, -0.2) is 4.39 Å². The van der Waals surface area contributed by atoms with Crippen molar-refractivity contribution in [2.24, 2.45) is 5.92 Å². The van der Waals surface area contributed by atoms with Gasteiger partial charge in [0.25, 0.3) is 0 Å².